The average molecular weight is 348 g/mol. The lowest BCUT2D eigenvalue weighted by atomic mass is 10.1. The van der Waals surface area contributed by atoms with Gasteiger partial charge in [-0.25, -0.2) is 16.7 Å². The number of ether oxygens (including phenoxy) is 1. The Morgan fingerprint density at radius 2 is 1.92 bits per heavy atom. The molecular formula is C17H28N6O2. The normalized spacial score (nSPS) is 8.92. The van der Waals surface area contributed by atoms with E-state index in [9.17, 15) is 0 Å². The molecule has 25 heavy (non-hydrogen) atoms. The molecule has 1 aromatic heterocycles. The Bertz CT molecular complexity index is 634. The van der Waals surface area contributed by atoms with Gasteiger partial charge in [0.25, 0.3) is 0 Å². The van der Waals surface area contributed by atoms with Gasteiger partial charge in [-0.2, -0.15) is 0 Å². The standard InChI is InChI=1S/C14H18N4O.C2H6.CH4N2O/c1-10-5-4-6-13(18(3)15)12(10)9-19-14-8-16-7-11(2)17-14;1-2;2-3-1-4/h4-8H,9,15H2,1-3H3;1-2H3;1H,2H2,(H,3,4). The SMILES string of the molecule is CC.Cc1cncc(OCc2c(C)cccc2N(C)N)n1.NNC=O. The Hall–Kier alpha value is -2.71. The van der Waals surface area contributed by atoms with E-state index >= 15 is 0 Å². The van der Waals surface area contributed by atoms with Crippen molar-refractivity contribution in [2.75, 3.05) is 12.1 Å². The first-order chi connectivity index (χ1) is 12.0. The molecule has 0 aliphatic carbocycles. The van der Waals surface area contributed by atoms with Gasteiger partial charge < -0.3 is 9.75 Å². The predicted molar refractivity (Wildman–Crippen MR) is 99.6 cm³/mol. The van der Waals surface area contributed by atoms with Crippen LogP contribution in [0.15, 0.2) is 30.6 Å². The maximum Gasteiger partial charge on any atom is 0.232 e. The summed E-state index contributed by atoms with van der Waals surface area (Å²) in [5.41, 5.74) is 5.71. The lowest BCUT2D eigenvalue weighted by Gasteiger charge is -2.19. The number of benzene rings is 1. The first-order valence-electron chi connectivity index (χ1n) is 7.87. The van der Waals surface area contributed by atoms with E-state index in [-0.39, 0.29) is 0 Å². The van der Waals surface area contributed by atoms with Gasteiger partial charge in [0.1, 0.15) is 6.61 Å². The van der Waals surface area contributed by atoms with Gasteiger partial charge in [-0.3, -0.25) is 15.2 Å². The minimum absolute atomic E-state index is 0.403. The predicted octanol–water partition coefficient (Wildman–Crippen LogP) is 1.61. The fourth-order valence-electron chi connectivity index (χ4n) is 1.86. The molecule has 0 spiro atoms. The number of aryl methyl sites for hydroxylation is 2. The van der Waals surface area contributed by atoms with E-state index < -0.39 is 0 Å². The molecule has 138 valence electrons. The molecule has 5 N–H and O–H groups in total. The van der Waals surface area contributed by atoms with Crippen LogP contribution in [0.25, 0.3) is 0 Å². The zero-order chi connectivity index (χ0) is 19.2. The van der Waals surface area contributed by atoms with Crippen LogP contribution in [0.4, 0.5) is 5.69 Å². The summed E-state index contributed by atoms with van der Waals surface area (Å²) in [7, 11) is 1.81. The lowest BCUT2D eigenvalue weighted by Crippen LogP contribution is -2.26. The van der Waals surface area contributed by atoms with E-state index in [2.05, 4.69) is 15.8 Å². The number of rotatable bonds is 5. The van der Waals surface area contributed by atoms with Crippen LogP contribution in [0, 0.1) is 13.8 Å². The van der Waals surface area contributed by atoms with Crippen LogP contribution in [0.1, 0.15) is 30.7 Å². The summed E-state index contributed by atoms with van der Waals surface area (Å²) in [5.74, 6) is 10.8. The lowest BCUT2D eigenvalue weighted by molar-refractivity contribution is -0.109. The molecule has 8 heteroatoms. The maximum absolute atomic E-state index is 8.94. The first-order valence-corrected chi connectivity index (χ1v) is 7.87. The summed E-state index contributed by atoms with van der Waals surface area (Å²) < 4.78 is 5.69. The van der Waals surface area contributed by atoms with Crippen molar-refractivity contribution in [3.8, 4) is 5.88 Å². The number of hydrazine groups is 2. The number of hydrogen-bond acceptors (Lipinski definition) is 7. The zero-order valence-corrected chi connectivity index (χ0v) is 15.5. The van der Waals surface area contributed by atoms with Crippen molar-refractivity contribution in [1.29, 1.82) is 0 Å². The Labute approximate surface area is 149 Å². The van der Waals surface area contributed by atoms with Crippen molar-refractivity contribution in [2.45, 2.75) is 34.3 Å². The van der Waals surface area contributed by atoms with E-state index in [1.165, 1.54) is 0 Å². The summed E-state index contributed by atoms with van der Waals surface area (Å²) in [6.07, 6.45) is 3.71. The number of anilines is 1. The molecule has 8 nitrogen and oxygen atoms in total. The molecule has 1 aromatic carbocycles. The Morgan fingerprint density at radius 3 is 2.44 bits per heavy atom. The fourth-order valence-corrected chi connectivity index (χ4v) is 1.86. The monoisotopic (exact) mass is 348 g/mol. The highest BCUT2D eigenvalue weighted by molar-refractivity contribution is 5.55. The number of hydrogen-bond donors (Lipinski definition) is 3. The summed E-state index contributed by atoms with van der Waals surface area (Å²) in [4.78, 5) is 17.3. The van der Waals surface area contributed by atoms with Gasteiger partial charge in [0, 0.05) is 18.8 Å². The molecule has 0 saturated carbocycles. The van der Waals surface area contributed by atoms with Crippen LogP contribution >= 0.6 is 0 Å². The topological polar surface area (TPSA) is 119 Å². The number of amides is 1. The molecule has 1 heterocycles. The van der Waals surface area contributed by atoms with Gasteiger partial charge in [-0.15, -0.1) is 0 Å². The van der Waals surface area contributed by atoms with Crippen molar-refractivity contribution < 1.29 is 9.53 Å². The van der Waals surface area contributed by atoms with Crippen LogP contribution in [-0.4, -0.2) is 23.4 Å². The third-order valence-corrected chi connectivity index (χ3v) is 2.93. The third-order valence-electron chi connectivity index (χ3n) is 2.93. The molecule has 0 radical (unpaired) electrons. The highest BCUT2D eigenvalue weighted by Crippen LogP contribution is 2.22. The Balaban J connectivity index is 0.000000845. The second-order valence-electron chi connectivity index (χ2n) is 4.76. The van der Waals surface area contributed by atoms with Crippen LogP contribution in [-0.2, 0) is 11.4 Å². The van der Waals surface area contributed by atoms with E-state index in [0.717, 1.165) is 22.5 Å². The highest BCUT2D eigenvalue weighted by Gasteiger charge is 2.09. The van der Waals surface area contributed by atoms with Gasteiger partial charge in [-0.1, -0.05) is 26.0 Å². The van der Waals surface area contributed by atoms with Crippen molar-refractivity contribution in [1.82, 2.24) is 15.4 Å². The molecule has 0 unspecified atom stereocenters. The summed E-state index contributed by atoms with van der Waals surface area (Å²) in [6, 6.07) is 5.98. The van der Waals surface area contributed by atoms with Gasteiger partial charge in [0.15, 0.2) is 0 Å². The van der Waals surface area contributed by atoms with Gasteiger partial charge in [0.2, 0.25) is 12.3 Å². The van der Waals surface area contributed by atoms with E-state index in [1.807, 2.05) is 52.9 Å². The number of nitrogens with zero attached hydrogens (tertiary/aromatic N) is 3. The summed E-state index contributed by atoms with van der Waals surface area (Å²) in [5, 5.41) is 1.59. The van der Waals surface area contributed by atoms with Crippen molar-refractivity contribution >= 4 is 12.1 Å². The number of nitrogens with two attached hydrogens (primary N) is 2. The average Bonchev–Trinajstić information content (AvgIpc) is 2.62. The molecule has 0 saturated heterocycles. The number of nitrogens with one attached hydrogen (secondary N) is 1. The molecule has 0 aliphatic heterocycles. The smallest absolute Gasteiger partial charge is 0.232 e. The third kappa shape index (κ3) is 8.09. The van der Waals surface area contributed by atoms with Gasteiger partial charge >= 0.3 is 0 Å². The highest BCUT2D eigenvalue weighted by atomic mass is 16.5. The van der Waals surface area contributed by atoms with Crippen molar-refractivity contribution in [2.24, 2.45) is 11.7 Å². The van der Waals surface area contributed by atoms with Crippen molar-refractivity contribution in [3.63, 3.8) is 0 Å². The molecular weight excluding hydrogens is 320 g/mol. The Morgan fingerprint density at radius 1 is 1.28 bits per heavy atom. The molecule has 0 fully saturated rings. The van der Waals surface area contributed by atoms with Crippen LogP contribution in [0.3, 0.4) is 0 Å². The fraction of sp³-hybridized carbons (Fsp3) is 0.353. The minimum atomic E-state index is 0.403. The molecule has 2 rings (SSSR count). The summed E-state index contributed by atoms with van der Waals surface area (Å²) in [6.45, 7) is 8.34. The number of carbonyl (C=O) groups is 1. The molecule has 0 atom stereocenters. The Kier molecular flexibility index (Phi) is 11.3. The van der Waals surface area contributed by atoms with Gasteiger partial charge in [0.05, 0.1) is 17.6 Å². The van der Waals surface area contributed by atoms with E-state index in [4.69, 9.17) is 15.4 Å². The van der Waals surface area contributed by atoms with Crippen molar-refractivity contribution in [3.05, 3.63) is 47.4 Å². The van der Waals surface area contributed by atoms with E-state index in [0.29, 0.717) is 18.9 Å². The summed E-state index contributed by atoms with van der Waals surface area (Å²) >= 11 is 0. The quantitative estimate of drug-likeness (QED) is 0.325. The minimum Gasteiger partial charge on any atom is -0.472 e. The van der Waals surface area contributed by atoms with Crippen LogP contribution in [0.2, 0.25) is 0 Å². The zero-order valence-electron chi connectivity index (χ0n) is 15.5. The molecule has 1 amide bonds. The van der Waals surface area contributed by atoms with E-state index in [1.54, 1.807) is 22.8 Å². The second-order valence-corrected chi connectivity index (χ2v) is 4.76. The molecule has 2 aromatic rings. The number of aromatic nitrogens is 2. The first kappa shape index (κ1) is 22.3. The molecule has 0 bridgehead atoms. The molecule has 0 aliphatic rings. The van der Waals surface area contributed by atoms with Gasteiger partial charge in [-0.05, 0) is 25.5 Å². The number of carbonyl (C=O) groups excluding carboxylic acids is 1. The largest absolute Gasteiger partial charge is 0.472 e. The maximum atomic E-state index is 8.94. The van der Waals surface area contributed by atoms with Crippen LogP contribution < -0.4 is 26.9 Å². The second kappa shape index (κ2) is 12.7. The van der Waals surface area contributed by atoms with Crippen LogP contribution in [0.5, 0.6) is 5.88 Å².